The Labute approximate surface area is 330 Å². The number of carbonyl (C=O) groups is 4. The van der Waals surface area contributed by atoms with Gasteiger partial charge in [0, 0.05) is 26.2 Å². The van der Waals surface area contributed by atoms with E-state index in [0.29, 0.717) is 75.0 Å². The monoisotopic (exact) mass is 822 g/mol. The van der Waals surface area contributed by atoms with Crippen molar-refractivity contribution in [3.8, 4) is 11.5 Å². The van der Waals surface area contributed by atoms with E-state index in [9.17, 15) is 19.2 Å². The first-order valence-corrected chi connectivity index (χ1v) is 19.5. The first-order chi connectivity index (χ1) is 26.3. The molecule has 2 aliphatic rings. The number of amides is 2. The molecule has 0 saturated carbocycles. The maximum absolute atomic E-state index is 12.6. The van der Waals surface area contributed by atoms with Crippen LogP contribution >= 0.6 is 15.9 Å². The molecule has 2 aromatic carbocycles. The van der Waals surface area contributed by atoms with Gasteiger partial charge in [-0.2, -0.15) is 10.2 Å². The molecule has 15 heteroatoms. The minimum atomic E-state index is -0.436. The molecule has 0 aliphatic carbocycles. The molecule has 2 aliphatic heterocycles. The second-order valence-electron chi connectivity index (χ2n) is 13.4. The van der Waals surface area contributed by atoms with Gasteiger partial charge in [0.2, 0.25) is 5.91 Å². The Kier molecular flexibility index (Phi) is 15.9. The van der Waals surface area contributed by atoms with E-state index >= 15 is 0 Å². The molecule has 0 bridgehead atoms. The molecule has 0 atom stereocenters. The smallest absolute Gasteiger partial charge is 0.358 e. The fraction of sp³-hybridized carbons (Fsp3) is 0.450. The quantitative estimate of drug-likeness (QED) is 0.173. The largest absolute Gasteiger partial charge is 0.508 e. The fourth-order valence-electron chi connectivity index (χ4n) is 6.25. The summed E-state index contributed by atoms with van der Waals surface area (Å²) >= 11 is 3.18. The van der Waals surface area contributed by atoms with E-state index in [0.717, 1.165) is 46.5 Å². The molecule has 0 spiro atoms. The number of halogens is 1. The van der Waals surface area contributed by atoms with E-state index < -0.39 is 11.9 Å². The average Bonchev–Trinajstić information content (AvgIpc) is 3.59. The number of aromatic nitrogens is 4. The Balaban J connectivity index is 0.000000207. The third kappa shape index (κ3) is 12.7. The van der Waals surface area contributed by atoms with Gasteiger partial charge in [0.15, 0.2) is 18.0 Å². The van der Waals surface area contributed by atoms with Crippen LogP contribution in [0.2, 0.25) is 0 Å². The van der Waals surface area contributed by atoms with Crippen LogP contribution in [0.4, 0.5) is 0 Å². The number of ether oxygens (including phenoxy) is 3. The number of benzene rings is 2. The zero-order valence-corrected chi connectivity index (χ0v) is 34.1. The van der Waals surface area contributed by atoms with Crippen molar-refractivity contribution in [3.05, 3.63) is 93.6 Å². The van der Waals surface area contributed by atoms with Crippen molar-refractivity contribution in [2.45, 2.75) is 80.6 Å². The Bertz CT molecular complexity index is 1890. The molecule has 2 amide bonds. The number of phenols is 1. The number of hydrogen-bond donors (Lipinski definition) is 1. The number of aryl methyl sites for hydroxylation is 6. The van der Waals surface area contributed by atoms with Crippen LogP contribution in [0, 0.1) is 27.7 Å². The predicted octanol–water partition coefficient (Wildman–Crippen LogP) is 5.68. The lowest BCUT2D eigenvalue weighted by molar-refractivity contribution is -0.134. The second kappa shape index (κ2) is 20.5. The average molecular weight is 824 g/mol. The maximum atomic E-state index is 12.6. The van der Waals surface area contributed by atoms with Crippen LogP contribution in [0.1, 0.15) is 81.3 Å². The standard InChI is InChI=1S/C20H25N3O4.C12H16BrN3O3.C8H10O/c1-4-26-20(25)18-11-16-12-22(6-5-7-23(16)21-18)19(24)13-27-17-9-14(2)8-15(3)10-17;1-2-19-12(18)10-6-9-8-15(11(17)7-13)4-3-5-16(9)14-10;1-6-3-7(2)5-8(9)4-6/h8-11H,4-7,12-13H2,1-3H3;6H,2-5,7-8H2,1H3;3-5,9H,1-2H3. The van der Waals surface area contributed by atoms with Gasteiger partial charge in [-0.05, 0) is 113 Å². The van der Waals surface area contributed by atoms with Crippen LogP contribution < -0.4 is 4.74 Å². The van der Waals surface area contributed by atoms with E-state index in [4.69, 9.17) is 19.3 Å². The minimum absolute atomic E-state index is 0.0121. The van der Waals surface area contributed by atoms with Gasteiger partial charge >= 0.3 is 11.9 Å². The highest BCUT2D eigenvalue weighted by atomic mass is 79.9. The molecule has 4 heterocycles. The molecule has 0 fully saturated rings. The van der Waals surface area contributed by atoms with Crippen LogP contribution in [-0.4, -0.2) is 96.5 Å². The minimum Gasteiger partial charge on any atom is -0.508 e. The molecule has 296 valence electrons. The normalized spacial score (nSPS) is 13.4. The van der Waals surface area contributed by atoms with E-state index in [1.54, 1.807) is 57.3 Å². The first kappa shape index (κ1) is 42.6. The SMILES string of the molecule is CCOC(=O)c1cc2n(n1)CCCN(C(=O)CBr)C2.CCOC(=O)c1cc2n(n1)CCCN(C(=O)COc1cc(C)cc(C)c1)C2.Cc1cc(C)cc(O)c1. The Morgan fingerprint density at radius 3 is 1.51 bits per heavy atom. The summed E-state index contributed by atoms with van der Waals surface area (Å²) in [4.78, 5) is 51.4. The number of rotatable bonds is 8. The maximum Gasteiger partial charge on any atom is 0.358 e. The van der Waals surface area contributed by atoms with Gasteiger partial charge in [-0.3, -0.25) is 19.0 Å². The molecule has 14 nitrogen and oxygen atoms in total. The highest BCUT2D eigenvalue weighted by Gasteiger charge is 2.24. The van der Waals surface area contributed by atoms with Crippen molar-refractivity contribution in [2.75, 3.05) is 38.2 Å². The lowest BCUT2D eigenvalue weighted by atomic mass is 10.1. The number of nitrogens with zero attached hydrogens (tertiary/aromatic N) is 6. The summed E-state index contributed by atoms with van der Waals surface area (Å²) in [6.45, 7) is 15.7. The van der Waals surface area contributed by atoms with Crippen molar-refractivity contribution in [2.24, 2.45) is 0 Å². The van der Waals surface area contributed by atoms with Gasteiger partial charge in [-0.1, -0.05) is 28.1 Å². The fourth-order valence-corrected chi connectivity index (χ4v) is 6.60. The van der Waals surface area contributed by atoms with Crippen molar-refractivity contribution < 1.29 is 38.5 Å². The third-order valence-electron chi connectivity index (χ3n) is 8.58. The van der Waals surface area contributed by atoms with Gasteiger partial charge in [0.25, 0.3) is 5.91 Å². The molecular weight excluding hydrogens is 772 g/mol. The number of alkyl halides is 1. The summed E-state index contributed by atoms with van der Waals surface area (Å²) in [5, 5.41) is 17.9. The van der Waals surface area contributed by atoms with Crippen molar-refractivity contribution >= 4 is 39.7 Å². The summed E-state index contributed by atoms with van der Waals surface area (Å²) in [6.07, 6.45) is 1.60. The lowest BCUT2D eigenvalue weighted by Crippen LogP contribution is -2.34. The molecule has 6 rings (SSSR count). The zero-order valence-electron chi connectivity index (χ0n) is 32.5. The van der Waals surface area contributed by atoms with Crippen LogP contribution in [0.15, 0.2) is 48.5 Å². The molecule has 55 heavy (non-hydrogen) atoms. The van der Waals surface area contributed by atoms with Crippen LogP contribution in [0.25, 0.3) is 0 Å². The topological polar surface area (TPSA) is 158 Å². The second-order valence-corrected chi connectivity index (χ2v) is 13.9. The number of aromatic hydroxyl groups is 1. The van der Waals surface area contributed by atoms with Gasteiger partial charge in [-0.25, -0.2) is 9.59 Å². The van der Waals surface area contributed by atoms with Gasteiger partial charge in [-0.15, -0.1) is 0 Å². The number of hydrogen-bond acceptors (Lipinski definition) is 10. The summed E-state index contributed by atoms with van der Waals surface area (Å²) < 4.78 is 19.2. The van der Waals surface area contributed by atoms with E-state index in [1.165, 1.54) is 0 Å². The summed E-state index contributed by atoms with van der Waals surface area (Å²) in [5.41, 5.74) is 6.70. The molecule has 4 aromatic rings. The van der Waals surface area contributed by atoms with Crippen molar-refractivity contribution in [1.82, 2.24) is 29.4 Å². The van der Waals surface area contributed by atoms with E-state index in [2.05, 4.69) is 32.2 Å². The molecule has 0 unspecified atom stereocenters. The summed E-state index contributed by atoms with van der Waals surface area (Å²) in [7, 11) is 0. The molecule has 0 radical (unpaired) electrons. The molecule has 1 N–H and O–H groups in total. The number of carbonyl (C=O) groups excluding carboxylic acids is 4. The summed E-state index contributed by atoms with van der Waals surface area (Å²) in [5.74, 6) is 0.169. The van der Waals surface area contributed by atoms with Gasteiger partial charge in [0.05, 0.1) is 43.0 Å². The number of fused-ring (bicyclic) bond motifs is 2. The highest BCUT2D eigenvalue weighted by Crippen LogP contribution is 2.19. The van der Waals surface area contributed by atoms with Crippen LogP contribution in [0.5, 0.6) is 11.5 Å². The third-order valence-corrected chi connectivity index (χ3v) is 9.06. The first-order valence-electron chi connectivity index (χ1n) is 18.4. The van der Waals surface area contributed by atoms with Crippen molar-refractivity contribution in [1.29, 1.82) is 0 Å². The zero-order chi connectivity index (χ0) is 40.1. The van der Waals surface area contributed by atoms with E-state index in [-0.39, 0.29) is 24.1 Å². The Morgan fingerprint density at radius 1 is 0.655 bits per heavy atom. The van der Waals surface area contributed by atoms with Crippen LogP contribution in [-0.2, 0) is 45.2 Å². The highest BCUT2D eigenvalue weighted by molar-refractivity contribution is 9.09. The van der Waals surface area contributed by atoms with Gasteiger partial charge in [0.1, 0.15) is 11.5 Å². The van der Waals surface area contributed by atoms with Crippen LogP contribution in [0.3, 0.4) is 0 Å². The Morgan fingerprint density at radius 2 is 1.09 bits per heavy atom. The number of phenolic OH excluding ortho intramolecular Hbond substituents is 1. The van der Waals surface area contributed by atoms with Crippen molar-refractivity contribution in [3.63, 3.8) is 0 Å². The molecule has 2 aromatic heterocycles. The summed E-state index contributed by atoms with van der Waals surface area (Å²) in [6, 6.07) is 14.8. The molecular formula is C40H51BrN6O8. The predicted molar refractivity (Wildman–Crippen MR) is 209 cm³/mol. The van der Waals surface area contributed by atoms with E-state index in [1.807, 2.05) is 45.9 Å². The molecule has 0 saturated heterocycles. The van der Waals surface area contributed by atoms with Gasteiger partial charge < -0.3 is 29.1 Å². The lowest BCUT2D eigenvalue weighted by Gasteiger charge is -2.20. The number of esters is 2. The Hall–Kier alpha value is -5.18.